The van der Waals surface area contributed by atoms with E-state index in [2.05, 4.69) is 25.9 Å². The summed E-state index contributed by atoms with van der Waals surface area (Å²) in [6, 6.07) is 4.38. The Balaban J connectivity index is 1.76. The van der Waals surface area contributed by atoms with Gasteiger partial charge in [0.15, 0.2) is 0 Å². The second-order valence-electron chi connectivity index (χ2n) is 7.61. The molecule has 0 aliphatic carbocycles. The Labute approximate surface area is 162 Å². The number of carbonyl (C=O) groups excluding carboxylic acids is 1. The molecule has 0 aromatic carbocycles. The van der Waals surface area contributed by atoms with Crippen LogP contribution in [0.4, 0.5) is 0 Å². The minimum Gasteiger partial charge on any atom is -0.336 e. The Kier molecular flexibility index (Phi) is 4.80. The molecule has 0 N–H and O–H groups in total. The molecule has 27 heavy (non-hydrogen) atoms. The standard InChI is InChI=1S/C20H26N4O2S/c1-4-6-17-21-22(12-18(25)23-13(2)7-5-8-14(23)3)19(26)16-11-15-9-10-27-20(15)24(16)17/h9-11,13-14H,4-8,12H2,1-3H3/t13-,14-/m1/s1. The number of amides is 1. The van der Waals surface area contributed by atoms with Gasteiger partial charge in [0.2, 0.25) is 5.91 Å². The molecule has 1 saturated heterocycles. The van der Waals surface area contributed by atoms with Gasteiger partial charge in [-0.2, -0.15) is 5.10 Å². The van der Waals surface area contributed by atoms with Gasteiger partial charge in [0.1, 0.15) is 22.7 Å². The van der Waals surface area contributed by atoms with E-state index in [0.29, 0.717) is 5.52 Å². The molecule has 144 valence electrons. The topological polar surface area (TPSA) is 59.6 Å². The van der Waals surface area contributed by atoms with Crippen molar-refractivity contribution in [2.45, 2.75) is 71.5 Å². The molecule has 7 heteroatoms. The maximum Gasteiger partial charge on any atom is 0.291 e. The first-order chi connectivity index (χ1) is 13.0. The normalized spacial score (nSPS) is 20.6. The molecule has 0 radical (unpaired) electrons. The predicted octanol–water partition coefficient (Wildman–Crippen LogP) is 3.45. The highest BCUT2D eigenvalue weighted by Crippen LogP contribution is 2.25. The lowest BCUT2D eigenvalue weighted by Gasteiger charge is -2.39. The summed E-state index contributed by atoms with van der Waals surface area (Å²) in [5.41, 5.74) is 0.423. The molecule has 2 atom stereocenters. The summed E-state index contributed by atoms with van der Waals surface area (Å²) < 4.78 is 3.35. The first-order valence-corrected chi connectivity index (χ1v) is 10.7. The Morgan fingerprint density at radius 3 is 2.74 bits per heavy atom. The van der Waals surface area contributed by atoms with Crippen molar-refractivity contribution in [1.29, 1.82) is 0 Å². The van der Waals surface area contributed by atoms with E-state index in [0.717, 1.165) is 48.1 Å². The summed E-state index contributed by atoms with van der Waals surface area (Å²) in [6.07, 6.45) is 4.89. The van der Waals surface area contributed by atoms with Crippen LogP contribution < -0.4 is 5.56 Å². The Morgan fingerprint density at radius 2 is 2.04 bits per heavy atom. The molecule has 3 aromatic rings. The van der Waals surface area contributed by atoms with Gasteiger partial charge in [-0.3, -0.25) is 14.0 Å². The maximum atomic E-state index is 13.0. The second kappa shape index (κ2) is 7.11. The number of rotatable bonds is 4. The van der Waals surface area contributed by atoms with Crippen LogP contribution in [0, 0.1) is 0 Å². The number of aryl methyl sites for hydroxylation is 1. The van der Waals surface area contributed by atoms with E-state index in [1.165, 1.54) is 4.68 Å². The van der Waals surface area contributed by atoms with Crippen molar-refractivity contribution in [3.63, 3.8) is 0 Å². The van der Waals surface area contributed by atoms with Crippen molar-refractivity contribution < 1.29 is 4.79 Å². The van der Waals surface area contributed by atoms with Crippen molar-refractivity contribution in [1.82, 2.24) is 19.1 Å². The monoisotopic (exact) mass is 386 g/mol. The molecular weight excluding hydrogens is 360 g/mol. The van der Waals surface area contributed by atoms with E-state index >= 15 is 0 Å². The van der Waals surface area contributed by atoms with Crippen LogP contribution in [0.5, 0.6) is 0 Å². The van der Waals surface area contributed by atoms with Gasteiger partial charge in [-0.05, 0) is 57.0 Å². The van der Waals surface area contributed by atoms with Gasteiger partial charge < -0.3 is 4.90 Å². The summed E-state index contributed by atoms with van der Waals surface area (Å²) in [4.78, 5) is 29.0. The molecule has 0 unspecified atom stereocenters. The minimum absolute atomic E-state index is 0.00975. The summed E-state index contributed by atoms with van der Waals surface area (Å²) >= 11 is 1.61. The van der Waals surface area contributed by atoms with Gasteiger partial charge in [-0.25, -0.2) is 4.68 Å². The molecule has 3 aromatic heterocycles. The van der Waals surface area contributed by atoms with Gasteiger partial charge in [-0.1, -0.05) is 6.92 Å². The van der Waals surface area contributed by atoms with Crippen molar-refractivity contribution in [3.05, 3.63) is 33.7 Å². The van der Waals surface area contributed by atoms with Crippen LogP contribution in [0.1, 0.15) is 52.3 Å². The molecule has 1 aliphatic rings. The Hall–Kier alpha value is -2.15. The largest absolute Gasteiger partial charge is 0.336 e. The zero-order valence-corrected chi connectivity index (χ0v) is 17.0. The average molecular weight is 387 g/mol. The Bertz CT molecular complexity index is 1040. The van der Waals surface area contributed by atoms with Gasteiger partial charge in [0, 0.05) is 23.9 Å². The van der Waals surface area contributed by atoms with Crippen LogP contribution in [-0.4, -0.2) is 37.1 Å². The average Bonchev–Trinajstić information content (AvgIpc) is 3.20. The highest BCUT2D eigenvalue weighted by atomic mass is 32.1. The van der Waals surface area contributed by atoms with Crippen molar-refractivity contribution in [2.75, 3.05) is 0 Å². The van der Waals surface area contributed by atoms with E-state index in [-0.39, 0.29) is 30.1 Å². The lowest BCUT2D eigenvalue weighted by atomic mass is 9.97. The van der Waals surface area contributed by atoms with Crippen LogP contribution in [0.3, 0.4) is 0 Å². The van der Waals surface area contributed by atoms with Crippen LogP contribution >= 0.6 is 11.3 Å². The first-order valence-electron chi connectivity index (χ1n) is 9.81. The fourth-order valence-corrected chi connectivity index (χ4v) is 5.23. The number of fused-ring (bicyclic) bond motifs is 3. The highest BCUT2D eigenvalue weighted by molar-refractivity contribution is 7.16. The smallest absolute Gasteiger partial charge is 0.291 e. The van der Waals surface area contributed by atoms with E-state index in [1.54, 1.807) is 11.3 Å². The lowest BCUT2D eigenvalue weighted by Crippen LogP contribution is -2.49. The van der Waals surface area contributed by atoms with Crippen molar-refractivity contribution in [2.24, 2.45) is 0 Å². The van der Waals surface area contributed by atoms with Crippen LogP contribution in [-0.2, 0) is 17.8 Å². The van der Waals surface area contributed by atoms with E-state index in [1.807, 2.05) is 26.8 Å². The fourth-order valence-electron chi connectivity index (χ4n) is 4.31. The maximum absolute atomic E-state index is 13.0. The van der Waals surface area contributed by atoms with E-state index < -0.39 is 0 Å². The summed E-state index contributed by atoms with van der Waals surface area (Å²) in [5.74, 6) is 0.835. The number of hydrogen-bond donors (Lipinski definition) is 0. The molecule has 1 fully saturated rings. The molecule has 6 nitrogen and oxygen atoms in total. The number of aromatic nitrogens is 3. The first kappa shape index (κ1) is 18.2. The van der Waals surface area contributed by atoms with E-state index in [9.17, 15) is 9.59 Å². The summed E-state index contributed by atoms with van der Waals surface area (Å²) in [5, 5.41) is 7.69. The Morgan fingerprint density at radius 1 is 1.30 bits per heavy atom. The SMILES string of the molecule is CCCc1nn(CC(=O)N2[C@H](C)CCC[C@H]2C)c(=O)c2cc3ccsc3n12. The number of piperidine rings is 1. The fraction of sp³-hybridized carbons (Fsp3) is 0.550. The molecule has 4 heterocycles. The minimum atomic E-state index is -0.191. The number of carbonyl (C=O) groups is 1. The third-order valence-corrected chi connectivity index (χ3v) is 6.51. The highest BCUT2D eigenvalue weighted by Gasteiger charge is 2.29. The van der Waals surface area contributed by atoms with Gasteiger partial charge in [0.25, 0.3) is 5.56 Å². The number of nitrogens with zero attached hydrogens (tertiary/aromatic N) is 4. The number of likely N-dealkylation sites (tertiary alicyclic amines) is 1. The van der Waals surface area contributed by atoms with Gasteiger partial charge >= 0.3 is 0 Å². The molecule has 0 bridgehead atoms. The molecule has 0 spiro atoms. The molecule has 4 rings (SSSR count). The molecule has 0 saturated carbocycles. The second-order valence-corrected chi connectivity index (χ2v) is 8.50. The van der Waals surface area contributed by atoms with Crippen molar-refractivity contribution in [3.8, 4) is 0 Å². The predicted molar refractivity (Wildman–Crippen MR) is 108 cm³/mol. The van der Waals surface area contributed by atoms with Crippen molar-refractivity contribution >= 4 is 33.0 Å². The zero-order chi connectivity index (χ0) is 19.1. The zero-order valence-electron chi connectivity index (χ0n) is 16.1. The summed E-state index contributed by atoms with van der Waals surface area (Å²) in [6.45, 7) is 6.30. The van der Waals surface area contributed by atoms with Crippen LogP contribution in [0.25, 0.3) is 15.7 Å². The summed E-state index contributed by atoms with van der Waals surface area (Å²) in [7, 11) is 0. The van der Waals surface area contributed by atoms with E-state index in [4.69, 9.17) is 0 Å². The molecular formula is C20H26N4O2S. The quantitative estimate of drug-likeness (QED) is 0.690. The van der Waals surface area contributed by atoms with Gasteiger partial charge in [0.05, 0.1) is 0 Å². The van der Waals surface area contributed by atoms with Crippen LogP contribution in [0.2, 0.25) is 0 Å². The third kappa shape index (κ3) is 3.08. The third-order valence-electron chi connectivity index (χ3n) is 5.60. The molecule has 1 aliphatic heterocycles. The lowest BCUT2D eigenvalue weighted by molar-refractivity contribution is -0.138. The number of thiophene rings is 1. The number of hydrogen-bond acceptors (Lipinski definition) is 4. The molecule has 1 amide bonds. The van der Waals surface area contributed by atoms with Crippen LogP contribution in [0.15, 0.2) is 22.3 Å². The van der Waals surface area contributed by atoms with Gasteiger partial charge in [-0.15, -0.1) is 11.3 Å².